The van der Waals surface area contributed by atoms with E-state index in [1.165, 1.54) is 23.1 Å². The lowest BCUT2D eigenvalue weighted by Crippen LogP contribution is -2.30. The van der Waals surface area contributed by atoms with Crippen LogP contribution in [-0.4, -0.2) is 35.6 Å². The number of carbonyl (C=O) groups excluding carboxylic acids is 3. The van der Waals surface area contributed by atoms with Crippen LogP contribution in [0.25, 0.3) is 17.3 Å². The SMILES string of the molecule is COc1ccc(-c2csc(NC(=O)CSc3ccc(NC(=O)/C(=C/c4ccc(OCc5ccccc5)cc4)NC(=O)c4ccccc4)cc3)n2)cc1. The van der Waals surface area contributed by atoms with Gasteiger partial charge in [-0.25, -0.2) is 4.98 Å². The number of thioether (sulfide) groups is 1. The molecule has 6 aromatic rings. The number of ether oxygens (including phenoxy) is 2. The summed E-state index contributed by atoms with van der Waals surface area (Å²) in [6, 6.07) is 40.5. The van der Waals surface area contributed by atoms with Crippen LogP contribution in [0.2, 0.25) is 0 Å². The third-order valence-electron chi connectivity index (χ3n) is 7.59. The van der Waals surface area contributed by atoms with Crippen LogP contribution in [0.15, 0.2) is 149 Å². The number of rotatable bonds is 14. The molecule has 0 aliphatic heterocycles. The van der Waals surface area contributed by atoms with Gasteiger partial charge in [-0.2, -0.15) is 0 Å². The van der Waals surface area contributed by atoms with Crippen LogP contribution in [0, 0.1) is 0 Å². The third-order valence-corrected chi connectivity index (χ3v) is 9.36. The molecule has 6 rings (SSSR count). The fourth-order valence-corrected chi connectivity index (χ4v) is 6.31. The molecule has 0 saturated heterocycles. The zero-order valence-electron chi connectivity index (χ0n) is 28.1. The van der Waals surface area contributed by atoms with Crippen molar-refractivity contribution in [3.05, 3.63) is 161 Å². The minimum absolute atomic E-state index is 0.0688. The lowest BCUT2D eigenvalue weighted by molar-refractivity contribution is -0.114. The topological polar surface area (TPSA) is 119 Å². The largest absolute Gasteiger partial charge is 0.497 e. The molecule has 0 aliphatic carbocycles. The number of nitrogens with one attached hydrogen (secondary N) is 3. The van der Waals surface area contributed by atoms with Crippen LogP contribution in [0.5, 0.6) is 11.5 Å². The number of thiazole rings is 1. The van der Waals surface area contributed by atoms with E-state index in [1.54, 1.807) is 49.6 Å². The van der Waals surface area contributed by atoms with Crippen molar-refractivity contribution in [1.29, 1.82) is 0 Å². The van der Waals surface area contributed by atoms with Gasteiger partial charge in [-0.05, 0) is 90.0 Å². The highest BCUT2D eigenvalue weighted by atomic mass is 32.2. The number of carbonyl (C=O) groups is 3. The fraction of sp³-hybridized carbons (Fsp3) is 0.0732. The predicted molar refractivity (Wildman–Crippen MR) is 208 cm³/mol. The Kier molecular flexibility index (Phi) is 12.1. The molecule has 0 unspecified atom stereocenters. The molecule has 9 nitrogen and oxygen atoms in total. The second-order valence-electron chi connectivity index (χ2n) is 11.3. The Morgan fingerprint density at radius 1 is 0.769 bits per heavy atom. The first-order chi connectivity index (χ1) is 25.4. The summed E-state index contributed by atoms with van der Waals surface area (Å²) in [6.45, 7) is 0.431. The minimum Gasteiger partial charge on any atom is -0.497 e. The van der Waals surface area contributed by atoms with E-state index >= 15 is 0 Å². The maximum atomic E-state index is 13.5. The van der Waals surface area contributed by atoms with Gasteiger partial charge in [0.15, 0.2) is 5.13 Å². The molecule has 0 fully saturated rings. The number of anilines is 2. The van der Waals surface area contributed by atoms with Crippen LogP contribution in [0.3, 0.4) is 0 Å². The van der Waals surface area contributed by atoms with Gasteiger partial charge in [0.2, 0.25) is 5.91 Å². The van der Waals surface area contributed by atoms with E-state index in [2.05, 4.69) is 20.9 Å². The van der Waals surface area contributed by atoms with Gasteiger partial charge < -0.3 is 25.4 Å². The summed E-state index contributed by atoms with van der Waals surface area (Å²) in [5, 5.41) is 10.9. The van der Waals surface area contributed by atoms with E-state index < -0.39 is 11.8 Å². The van der Waals surface area contributed by atoms with Gasteiger partial charge in [0.05, 0.1) is 18.6 Å². The average Bonchev–Trinajstić information content (AvgIpc) is 3.66. The predicted octanol–water partition coefficient (Wildman–Crippen LogP) is 8.54. The number of amides is 3. The van der Waals surface area contributed by atoms with Crippen molar-refractivity contribution in [2.45, 2.75) is 11.5 Å². The summed E-state index contributed by atoms with van der Waals surface area (Å²) in [4.78, 5) is 44.6. The number of nitrogens with zero attached hydrogens (tertiary/aromatic N) is 1. The number of hydrogen-bond acceptors (Lipinski definition) is 8. The highest BCUT2D eigenvalue weighted by Crippen LogP contribution is 2.27. The standard InChI is InChI=1S/C41H34N4O5S2/c1-49-33-20-14-30(15-21-33)37-26-52-41(44-37)45-38(46)27-51-35-22-16-32(17-23-35)42-40(48)36(43-39(47)31-10-6-3-7-11-31)24-28-12-18-34(19-13-28)50-25-29-8-4-2-5-9-29/h2-24,26H,25,27H2,1H3,(H,42,48)(H,43,47)(H,44,45,46)/b36-24-. The monoisotopic (exact) mass is 726 g/mol. The van der Waals surface area contributed by atoms with Crippen LogP contribution >= 0.6 is 23.1 Å². The lowest BCUT2D eigenvalue weighted by atomic mass is 10.1. The van der Waals surface area contributed by atoms with Gasteiger partial charge in [0.1, 0.15) is 23.8 Å². The average molecular weight is 727 g/mol. The molecule has 0 aliphatic rings. The first kappa shape index (κ1) is 35.6. The van der Waals surface area contributed by atoms with E-state index in [0.29, 0.717) is 34.3 Å². The van der Waals surface area contributed by atoms with Crippen molar-refractivity contribution in [1.82, 2.24) is 10.3 Å². The summed E-state index contributed by atoms with van der Waals surface area (Å²) in [7, 11) is 1.62. The second-order valence-corrected chi connectivity index (χ2v) is 13.2. The van der Waals surface area contributed by atoms with Gasteiger partial charge in [0.25, 0.3) is 11.8 Å². The lowest BCUT2D eigenvalue weighted by Gasteiger charge is -2.12. The van der Waals surface area contributed by atoms with E-state index in [0.717, 1.165) is 27.5 Å². The number of hydrogen-bond donors (Lipinski definition) is 3. The van der Waals surface area contributed by atoms with Gasteiger partial charge in [0, 0.05) is 27.1 Å². The van der Waals surface area contributed by atoms with Crippen molar-refractivity contribution in [2.75, 3.05) is 23.5 Å². The maximum Gasteiger partial charge on any atom is 0.272 e. The Morgan fingerprint density at radius 2 is 1.44 bits per heavy atom. The molecule has 5 aromatic carbocycles. The highest BCUT2D eigenvalue weighted by molar-refractivity contribution is 8.00. The molecule has 260 valence electrons. The molecule has 1 aromatic heterocycles. The van der Waals surface area contributed by atoms with Crippen LogP contribution < -0.4 is 25.4 Å². The van der Waals surface area contributed by atoms with E-state index in [9.17, 15) is 14.4 Å². The Bertz CT molecular complexity index is 2140. The van der Waals surface area contributed by atoms with Crippen LogP contribution in [0.4, 0.5) is 10.8 Å². The van der Waals surface area contributed by atoms with Gasteiger partial charge >= 0.3 is 0 Å². The van der Waals surface area contributed by atoms with Crippen molar-refractivity contribution in [3.63, 3.8) is 0 Å². The summed E-state index contributed by atoms with van der Waals surface area (Å²) >= 11 is 2.72. The molecule has 1 heterocycles. The highest BCUT2D eigenvalue weighted by Gasteiger charge is 2.16. The molecular weight excluding hydrogens is 693 g/mol. The van der Waals surface area contributed by atoms with E-state index in [1.807, 2.05) is 102 Å². The summed E-state index contributed by atoms with van der Waals surface area (Å²) in [5.41, 5.74) is 4.47. The molecule has 52 heavy (non-hydrogen) atoms. The molecule has 11 heteroatoms. The Hall–Kier alpha value is -6.17. The number of methoxy groups -OCH3 is 1. The first-order valence-electron chi connectivity index (χ1n) is 16.2. The molecular formula is C41H34N4O5S2. The minimum atomic E-state index is -0.495. The summed E-state index contributed by atoms with van der Waals surface area (Å²) in [6.07, 6.45) is 1.61. The summed E-state index contributed by atoms with van der Waals surface area (Å²) in [5.74, 6) is 0.528. The molecule has 0 atom stereocenters. The Labute approximate surface area is 309 Å². The fourth-order valence-electron chi connectivity index (χ4n) is 4.87. The van der Waals surface area contributed by atoms with Crippen LogP contribution in [0.1, 0.15) is 21.5 Å². The van der Waals surface area contributed by atoms with E-state index in [-0.39, 0.29) is 17.4 Å². The van der Waals surface area contributed by atoms with Gasteiger partial charge in [-0.3, -0.25) is 14.4 Å². The number of benzene rings is 5. The van der Waals surface area contributed by atoms with E-state index in [4.69, 9.17) is 9.47 Å². The van der Waals surface area contributed by atoms with Crippen molar-refractivity contribution < 1.29 is 23.9 Å². The molecule has 0 spiro atoms. The van der Waals surface area contributed by atoms with Crippen molar-refractivity contribution in [3.8, 4) is 22.8 Å². The molecule has 0 bridgehead atoms. The van der Waals surface area contributed by atoms with Crippen LogP contribution in [-0.2, 0) is 16.2 Å². The van der Waals surface area contributed by atoms with Crippen molar-refractivity contribution >= 4 is 57.7 Å². The number of aromatic nitrogens is 1. The quantitative estimate of drug-likeness (QED) is 0.0761. The molecule has 3 N–H and O–H groups in total. The third kappa shape index (κ3) is 10.2. The zero-order chi connectivity index (χ0) is 36.1. The zero-order valence-corrected chi connectivity index (χ0v) is 29.7. The van der Waals surface area contributed by atoms with Crippen molar-refractivity contribution in [2.24, 2.45) is 0 Å². The maximum absolute atomic E-state index is 13.5. The second kappa shape index (κ2) is 17.7. The first-order valence-corrected chi connectivity index (χ1v) is 18.1. The Balaban J connectivity index is 1.05. The molecule has 0 radical (unpaired) electrons. The smallest absolute Gasteiger partial charge is 0.272 e. The van der Waals surface area contributed by atoms with Gasteiger partial charge in [-0.1, -0.05) is 60.7 Å². The Morgan fingerprint density at radius 3 is 2.13 bits per heavy atom. The van der Waals surface area contributed by atoms with Gasteiger partial charge in [-0.15, -0.1) is 23.1 Å². The summed E-state index contributed by atoms with van der Waals surface area (Å²) < 4.78 is 11.1. The normalized spacial score (nSPS) is 11.0. The molecule has 3 amide bonds. The molecule has 0 saturated carbocycles.